The first-order valence-electron chi connectivity index (χ1n) is 5.20. The summed E-state index contributed by atoms with van der Waals surface area (Å²) < 4.78 is 1.87. The zero-order valence-electron chi connectivity index (χ0n) is 10.2. The standard InChI is InChI=1S/C11H17BrN4/c1-8(6-13)7-15(3)11-10(5-12)9(2)14-16(11)4/h8H,5,7H2,1-4H3. The Balaban J connectivity index is 2.99. The second-order valence-electron chi connectivity index (χ2n) is 4.06. The number of halogens is 1. The highest BCUT2D eigenvalue weighted by Crippen LogP contribution is 2.24. The average molecular weight is 285 g/mol. The van der Waals surface area contributed by atoms with Crippen LogP contribution in [0.4, 0.5) is 5.82 Å². The fourth-order valence-electron chi connectivity index (χ4n) is 1.86. The number of nitriles is 1. The zero-order chi connectivity index (χ0) is 12.3. The molecule has 0 radical (unpaired) electrons. The van der Waals surface area contributed by atoms with E-state index in [1.807, 2.05) is 32.6 Å². The Morgan fingerprint density at radius 2 is 2.25 bits per heavy atom. The predicted octanol–water partition coefficient (Wildman–Crippen LogP) is 2.22. The summed E-state index contributed by atoms with van der Waals surface area (Å²) >= 11 is 3.48. The molecule has 0 bridgehead atoms. The van der Waals surface area contributed by atoms with Gasteiger partial charge in [0.15, 0.2) is 0 Å². The minimum atomic E-state index is 0.0170. The molecule has 4 nitrogen and oxygen atoms in total. The van der Waals surface area contributed by atoms with Crippen LogP contribution in [0, 0.1) is 24.2 Å². The van der Waals surface area contributed by atoms with Gasteiger partial charge in [-0.25, -0.2) is 0 Å². The molecule has 0 saturated carbocycles. The van der Waals surface area contributed by atoms with Crippen LogP contribution in [-0.4, -0.2) is 23.4 Å². The van der Waals surface area contributed by atoms with Gasteiger partial charge in [0.1, 0.15) is 5.82 Å². The van der Waals surface area contributed by atoms with Gasteiger partial charge in [0.05, 0.1) is 17.7 Å². The van der Waals surface area contributed by atoms with Crippen LogP contribution in [0.1, 0.15) is 18.2 Å². The minimum absolute atomic E-state index is 0.0170. The number of anilines is 1. The van der Waals surface area contributed by atoms with Gasteiger partial charge in [0.25, 0.3) is 0 Å². The highest BCUT2D eigenvalue weighted by Gasteiger charge is 2.17. The molecule has 0 aliphatic carbocycles. The van der Waals surface area contributed by atoms with Crippen molar-refractivity contribution >= 4 is 21.7 Å². The van der Waals surface area contributed by atoms with E-state index in [2.05, 4.69) is 32.0 Å². The van der Waals surface area contributed by atoms with E-state index in [1.54, 1.807) is 0 Å². The van der Waals surface area contributed by atoms with Crippen molar-refractivity contribution in [3.63, 3.8) is 0 Å². The molecular formula is C11H17BrN4. The molecule has 0 aliphatic rings. The molecule has 16 heavy (non-hydrogen) atoms. The summed E-state index contributed by atoms with van der Waals surface area (Å²) in [5.74, 6) is 1.10. The van der Waals surface area contributed by atoms with Crippen molar-refractivity contribution in [3.05, 3.63) is 11.3 Å². The molecule has 1 aromatic heterocycles. The molecule has 0 saturated heterocycles. The number of aromatic nitrogens is 2. The Morgan fingerprint density at radius 1 is 1.62 bits per heavy atom. The van der Waals surface area contributed by atoms with Crippen LogP contribution in [0.3, 0.4) is 0 Å². The smallest absolute Gasteiger partial charge is 0.130 e. The summed E-state index contributed by atoms with van der Waals surface area (Å²) in [6.45, 7) is 4.64. The zero-order valence-corrected chi connectivity index (χ0v) is 11.7. The van der Waals surface area contributed by atoms with Gasteiger partial charge < -0.3 is 4.90 Å². The lowest BCUT2D eigenvalue weighted by molar-refractivity contribution is 0.673. The topological polar surface area (TPSA) is 44.9 Å². The van der Waals surface area contributed by atoms with Crippen molar-refractivity contribution in [2.24, 2.45) is 13.0 Å². The van der Waals surface area contributed by atoms with Crippen LogP contribution in [-0.2, 0) is 12.4 Å². The first-order chi connectivity index (χ1) is 7.51. The maximum Gasteiger partial charge on any atom is 0.130 e. The molecular weight excluding hydrogens is 268 g/mol. The molecule has 0 spiro atoms. The summed E-state index contributed by atoms with van der Waals surface area (Å²) in [4.78, 5) is 2.09. The largest absolute Gasteiger partial charge is 0.358 e. The van der Waals surface area contributed by atoms with Crippen molar-refractivity contribution in [1.29, 1.82) is 5.26 Å². The van der Waals surface area contributed by atoms with Crippen LogP contribution in [0.15, 0.2) is 0 Å². The van der Waals surface area contributed by atoms with Crippen LogP contribution < -0.4 is 4.90 Å². The normalized spacial score (nSPS) is 12.2. The van der Waals surface area contributed by atoms with Crippen molar-refractivity contribution < 1.29 is 0 Å². The molecule has 1 atom stereocenters. The predicted molar refractivity (Wildman–Crippen MR) is 68.6 cm³/mol. The van der Waals surface area contributed by atoms with Gasteiger partial charge in [-0.1, -0.05) is 15.9 Å². The van der Waals surface area contributed by atoms with Crippen molar-refractivity contribution in [2.75, 3.05) is 18.5 Å². The van der Waals surface area contributed by atoms with Crippen molar-refractivity contribution in [2.45, 2.75) is 19.2 Å². The van der Waals surface area contributed by atoms with Gasteiger partial charge in [-0.05, 0) is 13.8 Å². The number of hydrogen-bond donors (Lipinski definition) is 0. The SMILES string of the molecule is Cc1nn(C)c(N(C)CC(C)C#N)c1CBr. The lowest BCUT2D eigenvalue weighted by atomic mass is 10.2. The van der Waals surface area contributed by atoms with Gasteiger partial charge in [-0.2, -0.15) is 10.4 Å². The monoisotopic (exact) mass is 284 g/mol. The Hall–Kier alpha value is -1.02. The third-order valence-electron chi connectivity index (χ3n) is 2.58. The maximum atomic E-state index is 8.82. The van der Waals surface area contributed by atoms with Crippen molar-refractivity contribution in [1.82, 2.24) is 9.78 Å². The highest BCUT2D eigenvalue weighted by atomic mass is 79.9. The van der Waals surface area contributed by atoms with Gasteiger partial charge in [0.2, 0.25) is 0 Å². The fraction of sp³-hybridized carbons (Fsp3) is 0.636. The van der Waals surface area contributed by atoms with Crippen LogP contribution in [0.2, 0.25) is 0 Å². The molecule has 5 heteroatoms. The number of nitrogens with zero attached hydrogens (tertiary/aromatic N) is 4. The molecule has 0 aromatic carbocycles. The van der Waals surface area contributed by atoms with Gasteiger partial charge in [-0.15, -0.1) is 0 Å². The molecule has 88 valence electrons. The van der Waals surface area contributed by atoms with Gasteiger partial charge in [0, 0.05) is 31.5 Å². The lowest BCUT2D eigenvalue weighted by Crippen LogP contribution is -2.26. The van der Waals surface area contributed by atoms with Crippen LogP contribution in [0.25, 0.3) is 0 Å². The van der Waals surface area contributed by atoms with E-state index in [-0.39, 0.29) is 5.92 Å². The summed E-state index contributed by atoms with van der Waals surface area (Å²) in [5.41, 5.74) is 2.22. The average Bonchev–Trinajstić information content (AvgIpc) is 2.52. The first-order valence-corrected chi connectivity index (χ1v) is 6.32. The molecule has 1 heterocycles. The van der Waals surface area contributed by atoms with E-state index in [4.69, 9.17) is 5.26 Å². The van der Waals surface area contributed by atoms with E-state index in [0.717, 1.165) is 23.4 Å². The summed E-state index contributed by atoms with van der Waals surface area (Å²) in [7, 11) is 3.93. The summed E-state index contributed by atoms with van der Waals surface area (Å²) in [6.07, 6.45) is 0. The Bertz CT molecular complexity index is 405. The van der Waals surface area contributed by atoms with E-state index in [0.29, 0.717) is 0 Å². The molecule has 0 fully saturated rings. The Morgan fingerprint density at radius 3 is 2.75 bits per heavy atom. The molecule has 1 rings (SSSR count). The summed E-state index contributed by atoms with van der Waals surface area (Å²) in [6, 6.07) is 2.25. The third-order valence-corrected chi connectivity index (χ3v) is 3.14. The van der Waals surface area contributed by atoms with E-state index >= 15 is 0 Å². The second kappa shape index (κ2) is 5.35. The number of aryl methyl sites for hydroxylation is 2. The Labute approximate surface area is 105 Å². The van der Waals surface area contributed by atoms with Crippen LogP contribution >= 0.6 is 15.9 Å². The quantitative estimate of drug-likeness (QED) is 0.797. The van der Waals surface area contributed by atoms with E-state index in [9.17, 15) is 0 Å². The number of alkyl halides is 1. The van der Waals surface area contributed by atoms with E-state index < -0.39 is 0 Å². The number of hydrogen-bond acceptors (Lipinski definition) is 3. The summed E-state index contributed by atoms with van der Waals surface area (Å²) in [5, 5.41) is 14.0. The molecule has 1 aromatic rings. The molecule has 0 N–H and O–H groups in total. The fourth-order valence-corrected chi connectivity index (χ4v) is 2.52. The maximum absolute atomic E-state index is 8.82. The highest BCUT2D eigenvalue weighted by molar-refractivity contribution is 9.08. The van der Waals surface area contributed by atoms with E-state index in [1.165, 1.54) is 5.56 Å². The second-order valence-corrected chi connectivity index (χ2v) is 4.62. The lowest BCUT2D eigenvalue weighted by Gasteiger charge is -2.21. The molecule has 1 unspecified atom stereocenters. The molecule has 0 aliphatic heterocycles. The third kappa shape index (κ3) is 2.56. The number of rotatable bonds is 4. The first kappa shape index (κ1) is 13.0. The minimum Gasteiger partial charge on any atom is -0.358 e. The van der Waals surface area contributed by atoms with Gasteiger partial charge in [-0.3, -0.25) is 4.68 Å². The van der Waals surface area contributed by atoms with Crippen LogP contribution in [0.5, 0.6) is 0 Å². The molecule has 0 amide bonds. The van der Waals surface area contributed by atoms with Gasteiger partial charge >= 0.3 is 0 Å². The van der Waals surface area contributed by atoms with Crippen molar-refractivity contribution in [3.8, 4) is 6.07 Å². The Kier molecular flexibility index (Phi) is 4.36.